The maximum absolute atomic E-state index is 11.9. The molecule has 0 saturated heterocycles. The third-order valence-corrected chi connectivity index (χ3v) is 4.31. The number of aromatic nitrogens is 2. The summed E-state index contributed by atoms with van der Waals surface area (Å²) in [7, 11) is 0. The number of phenolic OH excluding ortho intramolecular Hbond substituents is 1. The van der Waals surface area contributed by atoms with E-state index in [0.29, 0.717) is 34.5 Å². The van der Waals surface area contributed by atoms with Crippen LogP contribution in [0.5, 0.6) is 11.5 Å². The molecule has 28 heavy (non-hydrogen) atoms. The summed E-state index contributed by atoms with van der Waals surface area (Å²) in [6.45, 7) is 4.29. The molecule has 2 rings (SSSR count). The summed E-state index contributed by atoms with van der Waals surface area (Å²) >= 11 is 1.15. The van der Waals surface area contributed by atoms with Crippen LogP contribution in [0, 0.1) is 0 Å². The van der Waals surface area contributed by atoms with Crippen LogP contribution in [0.4, 0.5) is 5.13 Å². The van der Waals surface area contributed by atoms with Gasteiger partial charge in [0.05, 0.1) is 19.2 Å². The minimum Gasteiger partial charge on any atom is -0.504 e. The number of nitrogens with one attached hydrogen (secondary N) is 2. The Bertz CT molecular complexity index is 837. The zero-order valence-corrected chi connectivity index (χ0v) is 16.6. The van der Waals surface area contributed by atoms with Crippen LogP contribution in [0.25, 0.3) is 0 Å². The van der Waals surface area contributed by atoms with Crippen molar-refractivity contribution in [2.24, 2.45) is 5.10 Å². The maximum atomic E-state index is 11.9. The van der Waals surface area contributed by atoms with E-state index in [4.69, 9.17) is 4.74 Å². The van der Waals surface area contributed by atoms with E-state index in [0.717, 1.165) is 24.2 Å². The Labute approximate surface area is 166 Å². The summed E-state index contributed by atoms with van der Waals surface area (Å²) < 4.78 is 5.24. The number of carbonyl (C=O) groups excluding carboxylic acids is 2. The number of ether oxygens (including phenoxy) is 1. The molecule has 0 radical (unpaired) electrons. The lowest BCUT2D eigenvalue weighted by atomic mass is 10.2. The van der Waals surface area contributed by atoms with Crippen LogP contribution in [0.15, 0.2) is 23.3 Å². The molecular formula is C18H23N5O4S. The van der Waals surface area contributed by atoms with Gasteiger partial charge in [-0.15, -0.1) is 10.2 Å². The Morgan fingerprint density at radius 3 is 2.82 bits per heavy atom. The van der Waals surface area contributed by atoms with Crippen LogP contribution < -0.4 is 15.5 Å². The van der Waals surface area contributed by atoms with Gasteiger partial charge in [0.15, 0.2) is 11.5 Å². The zero-order chi connectivity index (χ0) is 20.4. The first-order chi connectivity index (χ1) is 13.5. The van der Waals surface area contributed by atoms with Crippen LogP contribution in [-0.4, -0.2) is 39.9 Å². The molecule has 0 spiro atoms. The molecule has 0 aliphatic heterocycles. The van der Waals surface area contributed by atoms with Crippen molar-refractivity contribution >= 4 is 34.5 Å². The van der Waals surface area contributed by atoms with Crippen molar-refractivity contribution in [3.63, 3.8) is 0 Å². The monoisotopic (exact) mass is 405 g/mol. The van der Waals surface area contributed by atoms with Crippen molar-refractivity contribution in [3.05, 3.63) is 28.8 Å². The topological polar surface area (TPSA) is 126 Å². The van der Waals surface area contributed by atoms with E-state index in [-0.39, 0.29) is 24.0 Å². The van der Waals surface area contributed by atoms with Gasteiger partial charge in [0, 0.05) is 6.42 Å². The number of phenols is 1. The number of nitrogens with zero attached hydrogens (tertiary/aromatic N) is 3. The van der Waals surface area contributed by atoms with Gasteiger partial charge in [-0.2, -0.15) is 5.10 Å². The number of aromatic hydroxyl groups is 1. The minimum atomic E-state index is -0.369. The second-order valence-electron chi connectivity index (χ2n) is 5.78. The minimum absolute atomic E-state index is 0.000463. The van der Waals surface area contributed by atoms with E-state index in [1.807, 2.05) is 13.8 Å². The van der Waals surface area contributed by atoms with Crippen LogP contribution in [-0.2, 0) is 16.0 Å². The number of hydrogen-bond acceptors (Lipinski definition) is 8. The molecule has 0 aliphatic carbocycles. The lowest BCUT2D eigenvalue weighted by molar-refractivity contribution is -0.120. The number of anilines is 1. The van der Waals surface area contributed by atoms with Crippen molar-refractivity contribution in [1.82, 2.24) is 15.6 Å². The number of benzene rings is 1. The molecule has 2 amide bonds. The number of unbranched alkanes of at least 4 members (excludes halogenated alkanes) is 1. The van der Waals surface area contributed by atoms with Gasteiger partial charge in [0.1, 0.15) is 5.01 Å². The summed E-state index contributed by atoms with van der Waals surface area (Å²) in [5.74, 6) is -0.0966. The number of rotatable bonds is 10. The van der Waals surface area contributed by atoms with Crippen LogP contribution in [0.2, 0.25) is 0 Å². The normalized spacial score (nSPS) is 10.8. The molecule has 0 saturated carbocycles. The Balaban J connectivity index is 1.82. The summed E-state index contributed by atoms with van der Waals surface area (Å²) in [5.41, 5.74) is 2.99. The molecular weight excluding hydrogens is 382 g/mol. The number of carbonyl (C=O) groups is 2. The molecule has 0 aliphatic rings. The van der Waals surface area contributed by atoms with Crippen molar-refractivity contribution in [2.75, 3.05) is 11.9 Å². The molecule has 150 valence electrons. The average Bonchev–Trinajstić information content (AvgIpc) is 3.09. The van der Waals surface area contributed by atoms with E-state index in [1.54, 1.807) is 12.1 Å². The molecule has 0 unspecified atom stereocenters. The number of hydrazone groups is 1. The van der Waals surface area contributed by atoms with Crippen LogP contribution in [0.3, 0.4) is 0 Å². The molecule has 1 aromatic heterocycles. The Hall–Kier alpha value is -3.01. The molecule has 10 heteroatoms. The van der Waals surface area contributed by atoms with Crippen LogP contribution >= 0.6 is 11.3 Å². The van der Waals surface area contributed by atoms with Gasteiger partial charge in [-0.25, -0.2) is 5.43 Å². The van der Waals surface area contributed by atoms with Gasteiger partial charge in [0.25, 0.3) is 0 Å². The van der Waals surface area contributed by atoms with Crippen molar-refractivity contribution in [3.8, 4) is 11.5 Å². The SMILES string of the molecule is CCCCC(=O)Nc1nnc(CC(=O)N/N=C\c2ccc(OCC)c(O)c2)s1. The van der Waals surface area contributed by atoms with E-state index in [1.165, 1.54) is 12.3 Å². The molecule has 0 fully saturated rings. The van der Waals surface area contributed by atoms with Crippen molar-refractivity contribution in [1.29, 1.82) is 0 Å². The fraction of sp³-hybridized carbons (Fsp3) is 0.389. The lowest BCUT2D eigenvalue weighted by Crippen LogP contribution is -2.19. The summed E-state index contributed by atoms with van der Waals surface area (Å²) in [4.78, 5) is 23.6. The second kappa shape index (κ2) is 11.0. The predicted molar refractivity (Wildman–Crippen MR) is 107 cm³/mol. The first kappa shape index (κ1) is 21.3. The highest BCUT2D eigenvalue weighted by molar-refractivity contribution is 7.15. The molecule has 0 atom stereocenters. The summed E-state index contributed by atoms with van der Waals surface area (Å²) in [6.07, 6.45) is 3.58. The molecule has 9 nitrogen and oxygen atoms in total. The maximum Gasteiger partial charge on any atom is 0.247 e. The smallest absolute Gasteiger partial charge is 0.247 e. The lowest BCUT2D eigenvalue weighted by Gasteiger charge is -2.05. The third-order valence-electron chi connectivity index (χ3n) is 3.47. The molecule has 1 aromatic carbocycles. The van der Waals surface area contributed by atoms with Crippen LogP contribution in [0.1, 0.15) is 43.7 Å². The first-order valence-corrected chi connectivity index (χ1v) is 9.73. The van der Waals surface area contributed by atoms with E-state index in [9.17, 15) is 14.7 Å². The fourth-order valence-electron chi connectivity index (χ4n) is 2.14. The standard InChI is InChI=1S/C18H23N5O4S/c1-3-5-6-15(25)20-18-23-22-17(28-18)10-16(26)21-19-11-12-7-8-14(27-4-2)13(24)9-12/h7-9,11,24H,3-6,10H2,1-2H3,(H,21,26)(H,20,23,25)/b19-11-. The van der Waals surface area contributed by atoms with Gasteiger partial charge in [-0.05, 0) is 37.1 Å². The highest BCUT2D eigenvalue weighted by Gasteiger charge is 2.11. The summed E-state index contributed by atoms with van der Waals surface area (Å²) in [6, 6.07) is 4.82. The largest absolute Gasteiger partial charge is 0.504 e. The van der Waals surface area contributed by atoms with Crippen molar-refractivity contribution < 1.29 is 19.4 Å². The van der Waals surface area contributed by atoms with Gasteiger partial charge in [-0.3, -0.25) is 9.59 Å². The van der Waals surface area contributed by atoms with Gasteiger partial charge >= 0.3 is 0 Å². The third kappa shape index (κ3) is 6.95. The summed E-state index contributed by atoms with van der Waals surface area (Å²) in [5, 5.41) is 24.9. The molecule has 3 N–H and O–H groups in total. The van der Waals surface area contributed by atoms with Gasteiger partial charge in [-0.1, -0.05) is 24.7 Å². The number of hydrogen-bond donors (Lipinski definition) is 3. The Morgan fingerprint density at radius 1 is 1.29 bits per heavy atom. The second-order valence-corrected chi connectivity index (χ2v) is 6.84. The van der Waals surface area contributed by atoms with Gasteiger partial charge in [0.2, 0.25) is 16.9 Å². The highest BCUT2D eigenvalue weighted by atomic mass is 32.1. The Kier molecular flexibility index (Phi) is 8.35. The number of amides is 2. The molecule has 0 bridgehead atoms. The molecule has 2 aromatic rings. The average molecular weight is 405 g/mol. The highest BCUT2D eigenvalue weighted by Crippen LogP contribution is 2.26. The predicted octanol–water partition coefficient (Wildman–Crippen LogP) is 2.46. The quantitative estimate of drug-likeness (QED) is 0.412. The van der Waals surface area contributed by atoms with Gasteiger partial charge < -0.3 is 15.2 Å². The first-order valence-electron chi connectivity index (χ1n) is 8.91. The van der Waals surface area contributed by atoms with E-state index in [2.05, 4.69) is 26.0 Å². The fourth-order valence-corrected chi connectivity index (χ4v) is 2.90. The van der Waals surface area contributed by atoms with E-state index >= 15 is 0 Å². The Morgan fingerprint density at radius 2 is 2.11 bits per heavy atom. The molecule has 1 heterocycles. The zero-order valence-electron chi connectivity index (χ0n) is 15.8. The van der Waals surface area contributed by atoms with Crippen molar-refractivity contribution in [2.45, 2.75) is 39.5 Å². The van der Waals surface area contributed by atoms with E-state index < -0.39 is 0 Å².